The molecule has 18 heavy (non-hydrogen) atoms. The van der Waals surface area contributed by atoms with Crippen LogP contribution in [-0.4, -0.2) is 29.7 Å². The molecule has 1 aromatic rings. The number of hydrogen-bond acceptors (Lipinski definition) is 4. The van der Waals surface area contributed by atoms with Crippen LogP contribution in [0, 0.1) is 0 Å². The highest BCUT2D eigenvalue weighted by Crippen LogP contribution is 2.01. The lowest BCUT2D eigenvalue weighted by Crippen LogP contribution is -2.30. The molecule has 0 atom stereocenters. The third kappa shape index (κ3) is 7.27. The molecule has 1 heterocycles. The SMILES string of the molecule is O=C(Cl)OCc1ccccc1.OC1CCNCC1. The highest BCUT2D eigenvalue weighted by atomic mass is 35.5. The van der Waals surface area contributed by atoms with E-state index in [4.69, 9.17) is 16.7 Å². The Hall–Kier alpha value is -1.10. The first-order valence-corrected chi connectivity index (χ1v) is 6.31. The van der Waals surface area contributed by atoms with E-state index < -0.39 is 5.43 Å². The van der Waals surface area contributed by atoms with E-state index in [0.717, 1.165) is 31.5 Å². The van der Waals surface area contributed by atoms with Gasteiger partial charge in [-0.2, -0.15) is 0 Å². The molecule has 2 rings (SSSR count). The maximum Gasteiger partial charge on any atom is 0.404 e. The van der Waals surface area contributed by atoms with Gasteiger partial charge in [0.1, 0.15) is 6.61 Å². The van der Waals surface area contributed by atoms with Crippen LogP contribution < -0.4 is 5.32 Å². The van der Waals surface area contributed by atoms with E-state index in [1.54, 1.807) is 0 Å². The molecule has 5 heteroatoms. The van der Waals surface area contributed by atoms with Gasteiger partial charge in [-0.15, -0.1) is 0 Å². The number of carbonyl (C=O) groups excluding carboxylic acids is 1. The molecule has 2 N–H and O–H groups in total. The zero-order valence-corrected chi connectivity index (χ0v) is 10.9. The summed E-state index contributed by atoms with van der Waals surface area (Å²) < 4.78 is 4.55. The van der Waals surface area contributed by atoms with Gasteiger partial charge in [-0.3, -0.25) is 0 Å². The van der Waals surface area contributed by atoms with Crippen LogP contribution >= 0.6 is 11.6 Å². The number of benzene rings is 1. The summed E-state index contributed by atoms with van der Waals surface area (Å²) in [6.45, 7) is 2.21. The molecule has 0 aromatic heterocycles. The maximum atomic E-state index is 10.2. The van der Waals surface area contributed by atoms with Crippen molar-refractivity contribution in [3.05, 3.63) is 35.9 Å². The standard InChI is InChI=1S/C8H7ClO2.C5H11NO/c9-8(10)11-6-7-4-2-1-3-5-7;7-5-1-3-6-4-2-5/h1-5H,6H2;5-7H,1-4H2. The smallest absolute Gasteiger partial charge is 0.404 e. The highest BCUT2D eigenvalue weighted by molar-refractivity contribution is 6.61. The van der Waals surface area contributed by atoms with E-state index in [-0.39, 0.29) is 12.7 Å². The Morgan fingerprint density at radius 1 is 1.33 bits per heavy atom. The fourth-order valence-corrected chi connectivity index (χ4v) is 1.58. The average molecular weight is 272 g/mol. The van der Waals surface area contributed by atoms with Gasteiger partial charge < -0.3 is 15.2 Å². The van der Waals surface area contributed by atoms with Crippen LogP contribution in [-0.2, 0) is 11.3 Å². The fraction of sp³-hybridized carbons (Fsp3) is 0.462. The summed E-state index contributed by atoms with van der Waals surface area (Å²) in [4.78, 5) is 10.2. The zero-order valence-electron chi connectivity index (χ0n) is 10.1. The van der Waals surface area contributed by atoms with E-state index in [1.807, 2.05) is 30.3 Å². The molecule has 0 bridgehead atoms. The maximum absolute atomic E-state index is 10.2. The van der Waals surface area contributed by atoms with Crippen LogP contribution in [0.1, 0.15) is 18.4 Å². The van der Waals surface area contributed by atoms with E-state index in [2.05, 4.69) is 10.1 Å². The number of nitrogens with one attached hydrogen (secondary N) is 1. The van der Waals surface area contributed by atoms with Crippen molar-refractivity contribution in [3.8, 4) is 0 Å². The minimum Gasteiger partial charge on any atom is -0.449 e. The van der Waals surface area contributed by atoms with Crippen molar-refractivity contribution in [3.63, 3.8) is 0 Å². The van der Waals surface area contributed by atoms with Crippen molar-refractivity contribution in [1.29, 1.82) is 0 Å². The summed E-state index contributed by atoms with van der Waals surface area (Å²) in [7, 11) is 0. The molecular formula is C13H18ClNO3. The predicted octanol–water partition coefficient (Wildman–Crippen LogP) is 2.29. The molecule has 1 aliphatic rings. The van der Waals surface area contributed by atoms with Crippen LogP contribution in [0.5, 0.6) is 0 Å². The molecule has 1 fully saturated rings. The lowest BCUT2D eigenvalue weighted by Gasteiger charge is -2.16. The van der Waals surface area contributed by atoms with Crippen LogP contribution in [0.25, 0.3) is 0 Å². The number of piperidine rings is 1. The molecule has 1 aliphatic heterocycles. The first kappa shape index (κ1) is 15.0. The van der Waals surface area contributed by atoms with Gasteiger partial charge >= 0.3 is 5.43 Å². The quantitative estimate of drug-likeness (QED) is 0.811. The van der Waals surface area contributed by atoms with Crippen LogP contribution in [0.3, 0.4) is 0 Å². The third-order valence-corrected chi connectivity index (χ3v) is 2.61. The first-order valence-electron chi connectivity index (χ1n) is 5.93. The molecule has 0 spiro atoms. The lowest BCUT2D eigenvalue weighted by atomic mass is 10.1. The number of carbonyl (C=O) groups is 1. The van der Waals surface area contributed by atoms with Crippen molar-refractivity contribution in [2.45, 2.75) is 25.6 Å². The molecule has 1 aromatic carbocycles. The summed E-state index contributed by atoms with van der Waals surface area (Å²) in [5, 5.41) is 12.0. The van der Waals surface area contributed by atoms with Gasteiger partial charge in [-0.25, -0.2) is 4.79 Å². The monoisotopic (exact) mass is 271 g/mol. The number of ether oxygens (including phenoxy) is 1. The first-order chi connectivity index (χ1) is 8.68. The Bertz CT molecular complexity index is 339. The molecule has 0 aliphatic carbocycles. The zero-order chi connectivity index (χ0) is 13.2. The molecule has 0 amide bonds. The molecule has 4 nitrogen and oxygen atoms in total. The van der Waals surface area contributed by atoms with E-state index >= 15 is 0 Å². The Morgan fingerprint density at radius 3 is 2.39 bits per heavy atom. The Balaban J connectivity index is 0.000000199. The molecule has 100 valence electrons. The van der Waals surface area contributed by atoms with Gasteiger partial charge in [0.2, 0.25) is 0 Å². The topological polar surface area (TPSA) is 58.6 Å². The Labute approximate surface area is 112 Å². The van der Waals surface area contributed by atoms with Crippen LogP contribution in [0.2, 0.25) is 0 Å². The van der Waals surface area contributed by atoms with Crippen molar-refractivity contribution in [1.82, 2.24) is 5.32 Å². The number of aliphatic hydroxyl groups excluding tert-OH is 1. The lowest BCUT2D eigenvalue weighted by molar-refractivity contribution is 0.137. The van der Waals surface area contributed by atoms with Crippen LogP contribution in [0.15, 0.2) is 30.3 Å². The molecule has 0 saturated carbocycles. The largest absolute Gasteiger partial charge is 0.449 e. The van der Waals surface area contributed by atoms with E-state index in [1.165, 1.54) is 0 Å². The normalized spacial score (nSPS) is 15.4. The minimum absolute atomic E-state index is 0.0266. The van der Waals surface area contributed by atoms with Crippen molar-refractivity contribution >= 4 is 17.0 Å². The summed E-state index contributed by atoms with van der Waals surface area (Å²) in [5.41, 5.74) is 0.162. The van der Waals surface area contributed by atoms with Gasteiger partial charge in [0.05, 0.1) is 6.10 Å². The van der Waals surface area contributed by atoms with Crippen molar-refractivity contribution in [2.24, 2.45) is 0 Å². The van der Waals surface area contributed by atoms with Gasteiger partial charge in [0.25, 0.3) is 0 Å². The fourth-order valence-electron chi connectivity index (χ4n) is 1.52. The summed E-state index contributed by atoms with van der Waals surface area (Å²) >= 11 is 4.97. The second kappa shape index (κ2) is 8.91. The van der Waals surface area contributed by atoms with E-state index in [0.29, 0.717) is 0 Å². The predicted molar refractivity (Wildman–Crippen MR) is 70.6 cm³/mol. The number of halogens is 1. The van der Waals surface area contributed by atoms with Gasteiger partial charge in [0.15, 0.2) is 0 Å². The molecular weight excluding hydrogens is 254 g/mol. The molecule has 0 radical (unpaired) electrons. The molecule has 0 unspecified atom stereocenters. The Kier molecular flexibility index (Phi) is 7.41. The summed E-state index contributed by atoms with van der Waals surface area (Å²) in [5.74, 6) is 0. The summed E-state index contributed by atoms with van der Waals surface area (Å²) in [6.07, 6.45) is 1.83. The van der Waals surface area contributed by atoms with Gasteiger partial charge in [-0.05, 0) is 31.5 Å². The number of rotatable bonds is 2. The Morgan fingerprint density at radius 2 is 1.94 bits per heavy atom. The van der Waals surface area contributed by atoms with Crippen molar-refractivity contribution in [2.75, 3.05) is 13.1 Å². The second-order valence-electron chi connectivity index (χ2n) is 3.99. The van der Waals surface area contributed by atoms with Crippen molar-refractivity contribution < 1.29 is 14.6 Å². The summed E-state index contributed by atoms with van der Waals surface area (Å²) in [6, 6.07) is 9.36. The molecule has 1 saturated heterocycles. The van der Waals surface area contributed by atoms with Gasteiger partial charge in [-0.1, -0.05) is 30.3 Å². The second-order valence-corrected chi connectivity index (χ2v) is 4.30. The number of aliphatic hydroxyl groups is 1. The highest BCUT2D eigenvalue weighted by Gasteiger charge is 2.06. The average Bonchev–Trinajstić information content (AvgIpc) is 2.39. The number of hydrogen-bond donors (Lipinski definition) is 2. The third-order valence-electron chi connectivity index (χ3n) is 2.50. The van der Waals surface area contributed by atoms with Gasteiger partial charge in [0, 0.05) is 11.6 Å². The van der Waals surface area contributed by atoms with Crippen LogP contribution in [0.4, 0.5) is 4.79 Å². The van der Waals surface area contributed by atoms with E-state index in [9.17, 15) is 4.79 Å². The minimum atomic E-state index is -0.770.